The number of ether oxygens (including phenoxy) is 2. The van der Waals surface area contributed by atoms with Crippen LogP contribution in [0.2, 0.25) is 10.0 Å². The van der Waals surface area contributed by atoms with E-state index in [-0.39, 0.29) is 27.8 Å². The number of nitro groups is 1. The molecule has 0 N–H and O–H groups in total. The number of rotatable bonds is 4. The molecule has 0 atom stereocenters. The van der Waals surface area contributed by atoms with Crippen molar-refractivity contribution in [3.63, 3.8) is 0 Å². The Bertz CT molecular complexity index is 748. The van der Waals surface area contributed by atoms with Gasteiger partial charge in [-0.15, -0.1) is 0 Å². The number of nitrogens with zero attached hydrogens (tertiary/aromatic N) is 1. The van der Waals surface area contributed by atoms with Crippen molar-refractivity contribution >= 4 is 34.9 Å². The summed E-state index contributed by atoms with van der Waals surface area (Å²) < 4.78 is 9.96. The zero-order valence-corrected chi connectivity index (χ0v) is 12.7. The molecule has 0 aliphatic carbocycles. The van der Waals surface area contributed by atoms with Crippen LogP contribution in [-0.2, 0) is 0 Å². The summed E-state index contributed by atoms with van der Waals surface area (Å²) in [5.74, 6) is -0.685. The molecule has 6 nitrogen and oxygen atoms in total. The van der Waals surface area contributed by atoms with E-state index in [4.69, 9.17) is 32.7 Å². The summed E-state index contributed by atoms with van der Waals surface area (Å²) in [6, 6.07) is 8.13. The van der Waals surface area contributed by atoms with Crippen molar-refractivity contribution in [2.24, 2.45) is 0 Å². The molecule has 0 aromatic heterocycles. The Morgan fingerprint density at radius 2 is 1.86 bits per heavy atom. The predicted octanol–water partition coefficient (Wildman–Crippen LogP) is 4.13. The predicted molar refractivity (Wildman–Crippen MR) is 81.1 cm³/mol. The number of carbonyl (C=O) groups is 1. The fraction of sp³-hybridized carbons (Fsp3) is 0.0714. The van der Waals surface area contributed by atoms with Crippen molar-refractivity contribution in [2.75, 3.05) is 7.11 Å². The highest BCUT2D eigenvalue weighted by Crippen LogP contribution is 2.30. The van der Waals surface area contributed by atoms with E-state index in [9.17, 15) is 14.9 Å². The molecule has 8 heteroatoms. The van der Waals surface area contributed by atoms with Crippen LogP contribution in [0.4, 0.5) is 5.69 Å². The van der Waals surface area contributed by atoms with Crippen LogP contribution in [0.1, 0.15) is 10.4 Å². The van der Waals surface area contributed by atoms with Crippen LogP contribution in [0.3, 0.4) is 0 Å². The number of carbonyl (C=O) groups excluding carboxylic acids is 1. The summed E-state index contributed by atoms with van der Waals surface area (Å²) in [7, 11) is 1.30. The second kappa shape index (κ2) is 6.64. The molecular formula is C14H9Cl2NO5. The Morgan fingerprint density at radius 3 is 2.50 bits per heavy atom. The minimum absolute atomic E-state index is 0.0106. The molecule has 0 fully saturated rings. The third kappa shape index (κ3) is 3.47. The van der Waals surface area contributed by atoms with Gasteiger partial charge in [-0.2, -0.15) is 0 Å². The molecule has 2 aromatic rings. The average Bonchev–Trinajstić information content (AvgIpc) is 2.50. The first-order chi connectivity index (χ1) is 10.4. The van der Waals surface area contributed by atoms with Crippen molar-refractivity contribution in [1.29, 1.82) is 0 Å². The number of halogens is 2. The van der Waals surface area contributed by atoms with E-state index in [1.165, 1.54) is 31.4 Å². The molecule has 2 rings (SSSR count). The minimum atomic E-state index is -0.796. The standard InChI is InChI=1S/C14H9Cl2NO5/c1-21-12-5-2-8(6-11(12)17(19)20)14(18)22-13-7-9(15)3-4-10(13)16/h2-7H,1H3. The van der Waals surface area contributed by atoms with Gasteiger partial charge in [-0.05, 0) is 24.3 Å². The lowest BCUT2D eigenvalue weighted by molar-refractivity contribution is -0.385. The lowest BCUT2D eigenvalue weighted by Crippen LogP contribution is -2.09. The Morgan fingerprint density at radius 1 is 1.14 bits per heavy atom. The van der Waals surface area contributed by atoms with Crippen molar-refractivity contribution < 1.29 is 19.2 Å². The van der Waals surface area contributed by atoms with Gasteiger partial charge in [0.25, 0.3) is 0 Å². The Hall–Kier alpha value is -2.31. The van der Waals surface area contributed by atoms with Crippen molar-refractivity contribution in [2.45, 2.75) is 0 Å². The lowest BCUT2D eigenvalue weighted by Gasteiger charge is -2.07. The molecule has 0 saturated carbocycles. The van der Waals surface area contributed by atoms with Crippen molar-refractivity contribution in [1.82, 2.24) is 0 Å². The van der Waals surface area contributed by atoms with Gasteiger partial charge in [0.2, 0.25) is 0 Å². The van der Waals surface area contributed by atoms with E-state index in [0.717, 1.165) is 6.07 Å². The number of nitro benzene ring substituents is 1. The van der Waals surface area contributed by atoms with Gasteiger partial charge in [-0.3, -0.25) is 10.1 Å². The monoisotopic (exact) mass is 341 g/mol. The fourth-order valence-corrected chi connectivity index (χ4v) is 1.99. The molecule has 0 radical (unpaired) electrons. The lowest BCUT2D eigenvalue weighted by atomic mass is 10.2. The van der Waals surface area contributed by atoms with Crippen molar-refractivity contribution in [3.05, 3.63) is 62.1 Å². The van der Waals surface area contributed by atoms with Gasteiger partial charge in [0.1, 0.15) is 0 Å². The molecular weight excluding hydrogens is 333 g/mol. The van der Waals surface area contributed by atoms with Crippen molar-refractivity contribution in [3.8, 4) is 11.5 Å². The number of hydrogen-bond acceptors (Lipinski definition) is 5. The second-order valence-electron chi connectivity index (χ2n) is 4.11. The highest BCUT2D eigenvalue weighted by atomic mass is 35.5. The topological polar surface area (TPSA) is 78.7 Å². The molecule has 0 aliphatic heterocycles. The van der Waals surface area contributed by atoms with Gasteiger partial charge in [-0.25, -0.2) is 4.79 Å². The first-order valence-corrected chi connectivity index (χ1v) is 6.67. The molecule has 0 amide bonds. The Balaban J connectivity index is 2.32. The first-order valence-electron chi connectivity index (χ1n) is 5.92. The smallest absolute Gasteiger partial charge is 0.343 e. The van der Waals surface area contributed by atoms with E-state index in [0.29, 0.717) is 5.02 Å². The Labute approximate surface area is 135 Å². The van der Waals surface area contributed by atoms with Crippen LogP contribution in [0, 0.1) is 10.1 Å². The maximum atomic E-state index is 12.1. The maximum Gasteiger partial charge on any atom is 0.343 e. The van der Waals surface area contributed by atoms with E-state index in [2.05, 4.69) is 0 Å². The molecule has 0 saturated heterocycles. The van der Waals surface area contributed by atoms with Gasteiger partial charge < -0.3 is 9.47 Å². The van der Waals surface area contributed by atoms with Gasteiger partial charge in [0, 0.05) is 17.2 Å². The minimum Gasteiger partial charge on any atom is -0.490 e. The van der Waals surface area contributed by atoms with E-state index in [1.54, 1.807) is 6.07 Å². The number of hydrogen-bond donors (Lipinski definition) is 0. The SMILES string of the molecule is COc1ccc(C(=O)Oc2cc(Cl)ccc2Cl)cc1[N+](=O)[O-]. The molecule has 0 aliphatic rings. The highest BCUT2D eigenvalue weighted by molar-refractivity contribution is 6.34. The zero-order chi connectivity index (χ0) is 16.3. The molecule has 114 valence electrons. The summed E-state index contributed by atoms with van der Waals surface area (Å²) >= 11 is 11.7. The summed E-state index contributed by atoms with van der Waals surface area (Å²) in [6.07, 6.45) is 0. The van der Waals surface area contributed by atoms with Gasteiger partial charge >= 0.3 is 11.7 Å². The van der Waals surface area contributed by atoms with Crippen LogP contribution in [0.25, 0.3) is 0 Å². The van der Waals surface area contributed by atoms with E-state index >= 15 is 0 Å². The third-order valence-corrected chi connectivity index (χ3v) is 3.25. The number of methoxy groups -OCH3 is 1. The fourth-order valence-electron chi connectivity index (χ4n) is 1.67. The highest BCUT2D eigenvalue weighted by Gasteiger charge is 2.20. The molecule has 0 spiro atoms. The summed E-state index contributed by atoms with van der Waals surface area (Å²) in [5.41, 5.74) is -0.349. The van der Waals surface area contributed by atoms with Gasteiger partial charge in [0.15, 0.2) is 11.5 Å². The summed E-state index contributed by atoms with van der Waals surface area (Å²) in [4.78, 5) is 22.4. The van der Waals surface area contributed by atoms with Crippen LogP contribution in [-0.4, -0.2) is 18.0 Å². The number of benzene rings is 2. The van der Waals surface area contributed by atoms with E-state index < -0.39 is 10.9 Å². The molecule has 0 heterocycles. The van der Waals surface area contributed by atoms with Crippen LogP contribution < -0.4 is 9.47 Å². The van der Waals surface area contributed by atoms with Gasteiger partial charge in [-0.1, -0.05) is 23.2 Å². The summed E-state index contributed by atoms with van der Waals surface area (Å²) in [5, 5.41) is 11.5. The third-order valence-electron chi connectivity index (χ3n) is 2.71. The van der Waals surface area contributed by atoms with Crippen LogP contribution >= 0.6 is 23.2 Å². The zero-order valence-electron chi connectivity index (χ0n) is 11.2. The van der Waals surface area contributed by atoms with Gasteiger partial charge in [0.05, 0.1) is 22.6 Å². The molecule has 0 unspecified atom stereocenters. The first kappa shape index (κ1) is 16.1. The largest absolute Gasteiger partial charge is 0.490 e. The Kier molecular flexibility index (Phi) is 4.85. The average molecular weight is 342 g/mol. The van der Waals surface area contributed by atoms with E-state index in [1.807, 2.05) is 0 Å². The quantitative estimate of drug-likeness (QED) is 0.361. The maximum absolute atomic E-state index is 12.1. The molecule has 2 aromatic carbocycles. The summed E-state index contributed by atoms with van der Waals surface area (Å²) in [6.45, 7) is 0. The van der Waals surface area contributed by atoms with Crippen LogP contribution in [0.15, 0.2) is 36.4 Å². The normalized spacial score (nSPS) is 10.1. The molecule has 22 heavy (non-hydrogen) atoms. The van der Waals surface area contributed by atoms with Crippen LogP contribution in [0.5, 0.6) is 11.5 Å². The second-order valence-corrected chi connectivity index (χ2v) is 4.95. The number of esters is 1. The molecule has 0 bridgehead atoms.